The highest BCUT2D eigenvalue weighted by molar-refractivity contribution is 9.10. The van der Waals surface area contributed by atoms with Gasteiger partial charge in [-0.25, -0.2) is 4.79 Å². The molecule has 0 radical (unpaired) electrons. The molecule has 1 N–H and O–H groups in total. The van der Waals surface area contributed by atoms with E-state index in [1.54, 1.807) is 0 Å². The molecular weight excluding hydrogens is 256 g/mol. The van der Waals surface area contributed by atoms with E-state index in [0.29, 0.717) is 0 Å². The van der Waals surface area contributed by atoms with E-state index in [1.165, 1.54) is 0 Å². The predicted molar refractivity (Wildman–Crippen MR) is 62.7 cm³/mol. The highest BCUT2D eigenvalue weighted by Gasteiger charge is 2.28. The van der Waals surface area contributed by atoms with Crippen molar-refractivity contribution in [1.29, 1.82) is 0 Å². The van der Waals surface area contributed by atoms with Gasteiger partial charge in [-0.15, -0.1) is 0 Å². The molecule has 1 aromatic rings. The number of benzene rings is 1. The first-order valence-corrected chi connectivity index (χ1v) is 5.81. The van der Waals surface area contributed by atoms with E-state index in [2.05, 4.69) is 21.2 Å². The Kier molecular flexibility index (Phi) is 2.95. The number of urea groups is 1. The number of nitrogens with one attached hydrogen (secondary N) is 1. The van der Waals surface area contributed by atoms with Crippen LogP contribution in [0, 0.1) is 0 Å². The Morgan fingerprint density at radius 1 is 1.47 bits per heavy atom. The van der Waals surface area contributed by atoms with Crippen molar-refractivity contribution in [3.63, 3.8) is 0 Å². The van der Waals surface area contributed by atoms with Crippen LogP contribution in [0.1, 0.15) is 18.5 Å². The molecule has 2 rings (SSSR count). The Balaban J connectivity index is 2.13. The van der Waals surface area contributed by atoms with E-state index in [0.717, 1.165) is 23.1 Å². The van der Waals surface area contributed by atoms with Crippen molar-refractivity contribution in [1.82, 2.24) is 10.2 Å². The number of carbonyl (C=O) groups is 1. The highest BCUT2D eigenvalue weighted by atomic mass is 79.9. The van der Waals surface area contributed by atoms with Crippen LogP contribution in [0.15, 0.2) is 28.7 Å². The van der Waals surface area contributed by atoms with Crippen molar-refractivity contribution in [2.75, 3.05) is 13.1 Å². The van der Waals surface area contributed by atoms with Gasteiger partial charge in [0.15, 0.2) is 0 Å². The zero-order valence-electron chi connectivity index (χ0n) is 8.53. The predicted octanol–water partition coefficient (Wildman–Crippen LogP) is 2.54. The van der Waals surface area contributed by atoms with Gasteiger partial charge in [0.05, 0.1) is 6.04 Å². The van der Waals surface area contributed by atoms with Crippen LogP contribution in [0.3, 0.4) is 0 Å². The van der Waals surface area contributed by atoms with Gasteiger partial charge >= 0.3 is 6.03 Å². The minimum Gasteiger partial charge on any atom is -0.329 e. The number of carbonyl (C=O) groups excluding carboxylic acids is 1. The summed E-state index contributed by atoms with van der Waals surface area (Å²) in [6.07, 6.45) is 0. The fourth-order valence-corrected chi connectivity index (χ4v) is 2.01. The maximum absolute atomic E-state index is 11.5. The second-order valence-electron chi connectivity index (χ2n) is 3.59. The molecular formula is C11H13BrN2O. The highest BCUT2D eigenvalue weighted by Crippen LogP contribution is 2.21. The number of hydrogen-bond acceptors (Lipinski definition) is 1. The third-order valence-electron chi connectivity index (χ3n) is 2.64. The summed E-state index contributed by atoms with van der Waals surface area (Å²) in [6.45, 7) is 3.51. The third-order valence-corrected chi connectivity index (χ3v) is 3.17. The molecule has 1 fully saturated rings. The van der Waals surface area contributed by atoms with Crippen molar-refractivity contribution >= 4 is 22.0 Å². The van der Waals surface area contributed by atoms with Crippen LogP contribution < -0.4 is 5.32 Å². The number of likely N-dealkylation sites (N-methyl/N-ethyl adjacent to an activating group) is 1. The number of rotatable bonds is 2. The van der Waals surface area contributed by atoms with E-state index in [4.69, 9.17) is 0 Å². The molecule has 80 valence electrons. The first-order valence-electron chi connectivity index (χ1n) is 5.01. The zero-order chi connectivity index (χ0) is 10.8. The van der Waals surface area contributed by atoms with Crippen LogP contribution in [-0.4, -0.2) is 24.0 Å². The minimum atomic E-state index is 0.0328. The lowest BCUT2D eigenvalue weighted by Gasteiger charge is -2.11. The Labute approximate surface area is 97.6 Å². The molecule has 1 heterocycles. The lowest BCUT2D eigenvalue weighted by molar-refractivity contribution is 0.219. The summed E-state index contributed by atoms with van der Waals surface area (Å²) >= 11 is 3.39. The van der Waals surface area contributed by atoms with Gasteiger partial charge in [0.1, 0.15) is 0 Å². The molecule has 1 atom stereocenters. The normalized spacial score (nSPS) is 20.5. The Bertz CT molecular complexity index is 363. The maximum Gasteiger partial charge on any atom is 0.318 e. The Hall–Kier alpha value is -1.03. The lowest BCUT2D eigenvalue weighted by atomic mass is 10.1. The van der Waals surface area contributed by atoms with Crippen molar-refractivity contribution in [2.24, 2.45) is 0 Å². The van der Waals surface area contributed by atoms with Crippen LogP contribution in [0.5, 0.6) is 0 Å². The SMILES string of the molecule is CCN1CC(c2ccc(Br)cc2)NC1=O. The molecule has 15 heavy (non-hydrogen) atoms. The van der Waals surface area contributed by atoms with Crippen LogP contribution in [-0.2, 0) is 0 Å². The summed E-state index contributed by atoms with van der Waals surface area (Å²) in [6, 6.07) is 8.23. The fourth-order valence-electron chi connectivity index (χ4n) is 1.75. The van der Waals surface area contributed by atoms with Gasteiger partial charge in [0, 0.05) is 17.6 Å². The van der Waals surface area contributed by atoms with Gasteiger partial charge in [-0.3, -0.25) is 0 Å². The molecule has 1 saturated heterocycles. The molecule has 0 saturated carbocycles. The van der Waals surface area contributed by atoms with Crippen molar-refractivity contribution in [2.45, 2.75) is 13.0 Å². The standard InChI is InChI=1S/C11H13BrN2O/c1-2-14-7-10(13-11(14)15)8-3-5-9(12)6-4-8/h3-6,10H,2,7H2,1H3,(H,13,15). The van der Waals surface area contributed by atoms with E-state index in [-0.39, 0.29) is 12.1 Å². The molecule has 0 aromatic heterocycles. The molecule has 0 bridgehead atoms. The first kappa shape index (κ1) is 10.5. The molecule has 2 amide bonds. The Morgan fingerprint density at radius 3 is 2.67 bits per heavy atom. The molecule has 4 heteroatoms. The summed E-state index contributed by atoms with van der Waals surface area (Å²) in [4.78, 5) is 13.3. The molecule has 1 aromatic carbocycles. The average Bonchev–Trinajstić information content (AvgIpc) is 2.61. The van der Waals surface area contributed by atoms with Crippen molar-refractivity contribution in [3.05, 3.63) is 34.3 Å². The third kappa shape index (κ3) is 2.15. The van der Waals surface area contributed by atoms with E-state index >= 15 is 0 Å². The van der Waals surface area contributed by atoms with E-state index < -0.39 is 0 Å². The van der Waals surface area contributed by atoms with Gasteiger partial charge in [-0.05, 0) is 24.6 Å². The van der Waals surface area contributed by atoms with Gasteiger partial charge in [-0.1, -0.05) is 28.1 Å². The lowest BCUT2D eigenvalue weighted by Crippen LogP contribution is -2.27. The zero-order valence-corrected chi connectivity index (χ0v) is 10.1. The van der Waals surface area contributed by atoms with Crippen LogP contribution in [0.2, 0.25) is 0 Å². The maximum atomic E-state index is 11.5. The van der Waals surface area contributed by atoms with E-state index in [9.17, 15) is 4.79 Å². The van der Waals surface area contributed by atoms with Crippen LogP contribution in [0.4, 0.5) is 4.79 Å². The first-order chi connectivity index (χ1) is 7.20. The number of amides is 2. The number of hydrogen-bond donors (Lipinski definition) is 1. The molecule has 3 nitrogen and oxygen atoms in total. The molecule has 1 aliphatic rings. The largest absolute Gasteiger partial charge is 0.329 e. The average molecular weight is 269 g/mol. The smallest absolute Gasteiger partial charge is 0.318 e. The summed E-state index contributed by atoms with van der Waals surface area (Å²) in [5, 5.41) is 2.96. The van der Waals surface area contributed by atoms with Crippen molar-refractivity contribution < 1.29 is 4.79 Å². The second kappa shape index (κ2) is 4.23. The number of halogens is 1. The van der Waals surface area contributed by atoms with Crippen LogP contribution in [0.25, 0.3) is 0 Å². The van der Waals surface area contributed by atoms with Gasteiger partial charge < -0.3 is 10.2 Å². The topological polar surface area (TPSA) is 32.3 Å². The second-order valence-corrected chi connectivity index (χ2v) is 4.51. The molecule has 1 unspecified atom stereocenters. The summed E-state index contributed by atoms with van der Waals surface area (Å²) in [5.41, 5.74) is 1.16. The number of nitrogens with zero attached hydrogens (tertiary/aromatic N) is 1. The summed E-state index contributed by atoms with van der Waals surface area (Å²) in [5.74, 6) is 0. The van der Waals surface area contributed by atoms with Gasteiger partial charge in [0.2, 0.25) is 0 Å². The molecule has 1 aliphatic heterocycles. The summed E-state index contributed by atoms with van der Waals surface area (Å²) in [7, 11) is 0. The van der Waals surface area contributed by atoms with Gasteiger partial charge in [-0.2, -0.15) is 0 Å². The Morgan fingerprint density at radius 2 is 2.13 bits per heavy atom. The van der Waals surface area contributed by atoms with Gasteiger partial charge in [0.25, 0.3) is 0 Å². The fraction of sp³-hybridized carbons (Fsp3) is 0.364. The van der Waals surface area contributed by atoms with Crippen LogP contribution >= 0.6 is 15.9 Å². The summed E-state index contributed by atoms with van der Waals surface area (Å²) < 4.78 is 1.06. The molecule has 0 spiro atoms. The van der Waals surface area contributed by atoms with E-state index in [1.807, 2.05) is 36.1 Å². The minimum absolute atomic E-state index is 0.0328. The molecule has 0 aliphatic carbocycles. The van der Waals surface area contributed by atoms with Crippen molar-refractivity contribution in [3.8, 4) is 0 Å². The quantitative estimate of drug-likeness (QED) is 0.879. The monoisotopic (exact) mass is 268 g/mol.